The highest BCUT2D eigenvalue weighted by Gasteiger charge is 2.30. The van der Waals surface area contributed by atoms with E-state index in [2.05, 4.69) is 15.8 Å². The highest BCUT2D eigenvalue weighted by Crippen LogP contribution is 2.38. The minimum atomic E-state index is -4.47. The van der Waals surface area contributed by atoms with Crippen LogP contribution in [0.25, 0.3) is 11.3 Å². The van der Waals surface area contributed by atoms with E-state index in [9.17, 15) is 22.8 Å². The number of ether oxygens (including phenoxy) is 3. The first-order valence-corrected chi connectivity index (χ1v) is 10.3. The predicted molar refractivity (Wildman–Crippen MR) is 123 cm³/mol. The third-order valence-corrected chi connectivity index (χ3v) is 4.82. The van der Waals surface area contributed by atoms with Crippen LogP contribution in [0.15, 0.2) is 58.0 Å². The molecule has 2 aromatic carbocycles. The van der Waals surface area contributed by atoms with Crippen LogP contribution in [0.1, 0.15) is 21.7 Å². The van der Waals surface area contributed by atoms with Gasteiger partial charge in [0.2, 0.25) is 5.75 Å². The van der Waals surface area contributed by atoms with Crippen molar-refractivity contribution in [3.63, 3.8) is 0 Å². The summed E-state index contributed by atoms with van der Waals surface area (Å²) in [6.07, 6.45) is -3.30. The maximum Gasteiger partial charge on any atom is 0.416 e. The van der Waals surface area contributed by atoms with E-state index < -0.39 is 23.6 Å². The van der Waals surface area contributed by atoms with E-state index in [0.29, 0.717) is 5.75 Å². The minimum Gasteiger partial charge on any atom is -0.493 e. The van der Waals surface area contributed by atoms with E-state index in [4.69, 9.17) is 18.6 Å². The summed E-state index contributed by atoms with van der Waals surface area (Å²) < 4.78 is 59.8. The Morgan fingerprint density at radius 1 is 1.00 bits per heavy atom. The lowest BCUT2D eigenvalue weighted by Gasteiger charge is -2.14. The number of hydrazone groups is 1. The summed E-state index contributed by atoms with van der Waals surface area (Å²) in [7, 11) is 4.25. The third kappa shape index (κ3) is 6.34. The van der Waals surface area contributed by atoms with Gasteiger partial charge >= 0.3 is 6.18 Å². The molecule has 0 fully saturated rings. The highest BCUT2D eigenvalue weighted by atomic mass is 19.4. The Balaban J connectivity index is 1.56. The zero-order valence-electron chi connectivity index (χ0n) is 19.4. The molecule has 0 unspecified atom stereocenters. The van der Waals surface area contributed by atoms with Crippen molar-refractivity contribution in [1.82, 2.24) is 10.7 Å². The topological polar surface area (TPSA) is 111 Å². The van der Waals surface area contributed by atoms with Gasteiger partial charge in [0.1, 0.15) is 11.5 Å². The number of hydrogen-bond acceptors (Lipinski definition) is 7. The molecule has 1 heterocycles. The van der Waals surface area contributed by atoms with Crippen LogP contribution in [0, 0.1) is 0 Å². The fourth-order valence-corrected chi connectivity index (χ4v) is 3.11. The van der Waals surface area contributed by atoms with Gasteiger partial charge in [-0.1, -0.05) is 12.1 Å². The van der Waals surface area contributed by atoms with Crippen molar-refractivity contribution in [3.05, 3.63) is 65.4 Å². The molecular weight excluding hydrogens is 483 g/mol. The second-order valence-electron chi connectivity index (χ2n) is 7.17. The van der Waals surface area contributed by atoms with Crippen LogP contribution < -0.4 is 25.0 Å². The number of nitrogens with zero attached hydrogens (tertiary/aromatic N) is 1. The summed E-state index contributed by atoms with van der Waals surface area (Å²) in [6, 6.07) is 10.5. The van der Waals surface area contributed by atoms with Crippen molar-refractivity contribution in [2.45, 2.75) is 6.18 Å². The first-order valence-electron chi connectivity index (χ1n) is 10.3. The van der Waals surface area contributed by atoms with Gasteiger partial charge in [-0.15, -0.1) is 0 Å². The summed E-state index contributed by atoms with van der Waals surface area (Å²) >= 11 is 0. The molecule has 9 nitrogen and oxygen atoms in total. The van der Waals surface area contributed by atoms with E-state index >= 15 is 0 Å². The molecule has 2 N–H and O–H groups in total. The van der Waals surface area contributed by atoms with Gasteiger partial charge in [-0.3, -0.25) is 9.59 Å². The third-order valence-electron chi connectivity index (χ3n) is 4.82. The van der Waals surface area contributed by atoms with Crippen LogP contribution >= 0.6 is 0 Å². The lowest BCUT2D eigenvalue weighted by Crippen LogP contribution is -2.34. The molecule has 12 heteroatoms. The van der Waals surface area contributed by atoms with Gasteiger partial charge < -0.3 is 23.9 Å². The van der Waals surface area contributed by atoms with E-state index in [1.165, 1.54) is 63.9 Å². The second kappa shape index (κ2) is 11.3. The Hall–Kier alpha value is -4.48. The Bertz CT molecular complexity index is 1240. The van der Waals surface area contributed by atoms with Gasteiger partial charge in [-0.05, 0) is 36.4 Å². The Kier molecular flexibility index (Phi) is 8.20. The van der Waals surface area contributed by atoms with Crippen molar-refractivity contribution in [1.29, 1.82) is 0 Å². The molecular formula is C24H22F3N3O6. The average Bonchev–Trinajstić information content (AvgIpc) is 3.34. The van der Waals surface area contributed by atoms with E-state index in [1.807, 2.05) is 0 Å². The van der Waals surface area contributed by atoms with Gasteiger partial charge in [0.05, 0.1) is 39.7 Å². The lowest BCUT2D eigenvalue weighted by atomic mass is 10.1. The summed E-state index contributed by atoms with van der Waals surface area (Å²) in [4.78, 5) is 24.5. The number of rotatable bonds is 9. The molecule has 0 aliphatic heterocycles. The largest absolute Gasteiger partial charge is 0.493 e. The molecule has 0 saturated carbocycles. The number of methoxy groups -OCH3 is 3. The monoisotopic (exact) mass is 505 g/mol. The number of alkyl halides is 3. The normalized spacial score (nSPS) is 11.3. The average molecular weight is 505 g/mol. The van der Waals surface area contributed by atoms with Crippen molar-refractivity contribution < 1.29 is 41.4 Å². The molecule has 0 aliphatic carbocycles. The lowest BCUT2D eigenvalue weighted by molar-refractivity contribution is -0.137. The van der Waals surface area contributed by atoms with Gasteiger partial charge in [-0.2, -0.15) is 18.3 Å². The van der Waals surface area contributed by atoms with Crippen molar-refractivity contribution >= 4 is 18.0 Å². The number of benzene rings is 2. The van der Waals surface area contributed by atoms with Crippen LogP contribution in [-0.2, 0) is 11.0 Å². The first-order chi connectivity index (χ1) is 17.2. The smallest absolute Gasteiger partial charge is 0.416 e. The maximum absolute atomic E-state index is 12.9. The highest BCUT2D eigenvalue weighted by molar-refractivity contribution is 5.97. The minimum absolute atomic E-state index is 0.179. The molecule has 0 radical (unpaired) electrons. The van der Waals surface area contributed by atoms with Gasteiger partial charge in [0.25, 0.3) is 11.8 Å². The van der Waals surface area contributed by atoms with Crippen LogP contribution in [-0.4, -0.2) is 45.9 Å². The number of halogens is 3. The summed E-state index contributed by atoms with van der Waals surface area (Å²) in [5, 5.41) is 6.17. The fraction of sp³-hybridized carbons (Fsp3) is 0.208. The van der Waals surface area contributed by atoms with Crippen LogP contribution in [0.2, 0.25) is 0 Å². The van der Waals surface area contributed by atoms with Crippen LogP contribution in [0.3, 0.4) is 0 Å². The fourth-order valence-electron chi connectivity index (χ4n) is 3.11. The molecule has 0 bridgehead atoms. The second-order valence-corrected chi connectivity index (χ2v) is 7.17. The Morgan fingerprint density at radius 3 is 2.31 bits per heavy atom. The Morgan fingerprint density at radius 2 is 1.69 bits per heavy atom. The molecule has 190 valence electrons. The summed E-state index contributed by atoms with van der Waals surface area (Å²) in [5.41, 5.74) is 1.84. The number of carbonyl (C=O) groups excluding carboxylic acids is 2. The molecule has 2 amide bonds. The van der Waals surface area contributed by atoms with Crippen molar-refractivity contribution in [2.24, 2.45) is 5.10 Å². The van der Waals surface area contributed by atoms with E-state index in [-0.39, 0.29) is 40.7 Å². The maximum atomic E-state index is 12.9. The van der Waals surface area contributed by atoms with Crippen molar-refractivity contribution in [3.8, 4) is 28.6 Å². The predicted octanol–water partition coefficient (Wildman–Crippen LogP) is 3.87. The summed E-state index contributed by atoms with van der Waals surface area (Å²) in [6.45, 7) is -0.388. The van der Waals surface area contributed by atoms with Crippen LogP contribution in [0.5, 0.6) is 17.2 Å². The Labute approximate surface area is 203 Å². The number of carbonyl (C=O) groups is 2. The summed E-state index contributed by atoms with van der Waals surface area (Å²) in [5.74, 6) is 0.0771. The number of furan rings is 1. The van der Waals surface area contributed by atoms with E-state index in [0.717, 1.165) is 12.1 Å². The van der Waals surface area contributed by atoms with Gasteiger partial charge in [0, 0.05) is 11.1 Å². The molecule has 0 spiro atoms. The quantitative estimate of drug-likeness (QED) is 0.337. The standard InChI is InChI=1S/C24H22F3N3O6/c1-33-19-10-15(11-20(34-2)22(19)35-3)23(32)28-13-21(31)30-29-12-17-7-8-18(36-17)14-5-4-6-16(9-14)24(25,26)27/h4-12H,13H2,1-3H3,(H,28,32)(H,30,31). The molecule has 0 atom stereocenters. The van der Waals surface area contributed by atoms with E-state index in [1.54, 1.807) is 0 Å². The van der Waals surface area contributed by atoms with Crippen molar-refractivity contribution in [2.75, 3.05) is 27.9 Å². The molecule has 3 aromatic rings. The van der Waals surface area contributed by atoms with Gasteiger partial charge in [0.15, 0.2) is 11.5 Å². The zero-order valence-corrected chi connectivity index (χ0v) is 19.4. The molecule has 36 heavy (non-hydrogen) atoms. The first kappa shape index (κ1) is 26.1. The van der Waals surface area contributed by atoms with Gasteiger partial charge in [-0.25, -0.2) is 5.43 Å². The number of amides is 2. The molecule has 0 saturated heterocycles. The zero-order chi connectivity index (χ0) is 26.3. The molecule has 1 aromatic heterocycles. The SMILES string of the molecule is COc1cc(C(=O)NCC(=O)NN=Cc2ccc(-c3cccc(C(F)(F)F)c3)o2)cc(OC)c1OC. The molecule has 0 aliphatic rings. The van der Waals surface area contributed by atoms with Crippen LogP contribution in [0.4, 0.5) is 13.2 Å². The number of hydrogen-bond donors (Lipinski definition) is 2. The number of nitrogens with one attached hydrogen (secondary N) is 2. The molecule has 3 rings (SSSR count).